The summed E-state index contributed by atoms with van der Waals surface area (Å²) in [5, 5.41) is 16.5. The molecule has 13 aromatic carbocycles. The van der Waals surface area contributed by atoms with Gasteiger partial charge in [0.25, 0.3) is 0 Å². The van der Waals surface area contributed by atoms with E-state index in [1.807, 2.05) is 0 Å². The summed E-state index contributed by atoms with van der Waals surface area (Å²) in [5.74, 6) is 0. The van der Waals surface area contributed by atoms with Crippen LogP contribution in [0.15, 0.2) is 182 Å². The van der Waals surface area contributed by atoms with E-state index in [1.165, 1.54) is 165 Å². The van der Waals surface area contributed by atoms with Gasteiger partial charge in [0.15, 0.2) is 0 Å². The Morgan fingerprint density at radius 1 is 0.144 bits per heavy atom. The van der Waals surface area contributed by atoms with Crippen LogP contribution in [-0.4, -0.2) is 0 Å². The second-order valence-corrected chi connectivity index (χ2v) is 27.0. The molecule has 90 heavy (non-hydrogen) atoms. The third kappa shape index (κ3) is 11.4. The van der Waals surface area contributed by atoms with Crippen LogP contribution in [0.4, 0.5) is 0 Å². The highest BCUT2D eigenvalue weighted by Crippen LogP contribution is 2.40. The number of aryl methyl sites for hydroxylation is 18. The lowest BCUT2D eigenvalue weighted by molar-refractivity contribution is 0.774. The highest BCUT2D eigenvalue weighted by atomic mass is 14.3. The van der Waals surface area contributed by atoms with Crippen molar-refractivity contribution >= 4 is 64.6 Å². The molecule has 0 nitrogen and oxygen atoms in total. The average Bonchev–Trinajstić information content (AvgIpc) is 0.838. The molecule has 0 aliphatic carbocycles. The summed E-state index contributed by atoms with van der Waals surface area (Å²) < 4.78 is 0. The number of benzene rings is 13. The van der Waals surface area contributed by atoms with Crippen molar-refractivity contribution in [3.05, 3.63) is 316 Å². The molecule has 13 aromatic rings. The summed E-state index contributed by atoms with van der Waals surface area (Å²) in [6.07, 6.45) is 11.8. The van der Waals surface area contributed by atoms with E-state index in [2.05, 4.69) is 265 Å². The van der Waals surface area contributed by atoms with E-state index in [1.54, 1.807) is 33.4 Å². The minimum atomic E-state index is 0.985. The molecule has 0 bridgehead atoms. The number of hydrogen-bond acceptors (Lipinski definition) is 0. The van der Waals surface area contributed by atoms with Gasteiger partial charge < -0.3 is 0 Å². The average molecular weight is 1170 g/mol. The largest absolute Gasteiger partial charge is 0.0614 e. The van der Waals surface area contributed by atoms with Crippen LogP contribution in [-0.2, 0) is 77.0 Å². The van der Waals surface area contributed by atoms with E-state index in [4.69, 9.17) is 0 Å². The highest BCUT2D eigenvalue weighted by Gasteiger charge is 2.26. The van der Waals surface area contributed by atoms with E-state index in [-0.39, 0.29) is 0 Å². The van der Waals surface area contributed by atoms with E-state index >= 15 is 0 Å². The fourth-order valence-electron chi connectivity index (χ4n) is 16.4. The Bertz CT molecular complexity index is 4130. The topological polar surface area (TPSA) is 0 Å². The van der Waals surface area contributed by atoms with Crippen LogP contribution in [0.2, 0.25) is 0 Å². The van der Waals surface area contributed by atoms with Gasteiger partial charge >= 0.3 is 0 Å². The second kappa shape index (κ2) is 25.4. The lowest BCUT2D eigenvalue weighted by Crippen LogP contribution is -2.18. The van der Waals surface area contributed by atoms with E-state index in [9.17, 15) is 0 Å². The van der Waals surface area contributed by atoms with Gasteiger partial charge in [-0.2, -0.15) is 0 Å². The molecule has 0 fully saturated rings. The van der Waals surface area contributed by atoms with Crippen LogP contribution in [0.1, 0.15) is 134 Å². The predicted octanol–water partition coefficient (Wildman–Crippen LogP) is 23.0. The smallest absolute Gasteiger partial charge is 0.0149 e. The monoisotopic (exact) mass is 1170 g/mol. The molecule has 0 heterocycles. The van der Waals surface area contributed by atoms with Gasteiger partial charge in [0.05, 0.1) is 0 Å². The molecule has 0 spiro atoms. The lowest BCUT2D eigenvalue weighted by Gasteiger charge is -2.29. The lowest BCUT2D eigenvalue weighted by atomic mass is 9.75. The molecule has 0 saturated heterocycles. The van der Waals surface area contributed by atoms with Crippen LogP contribution in [0.3, 0.4) is 0 Å². The standard InChI is InChI=1S/C90H90/c1-55-19-13-25-79-61(7)67(31-43-73(55)79)37-49-85-86(50-38-68-32-44-74-56(2)20-14-26-80(74)62(68)8)88(52-40-70-34-46-76-58(4)22-16-28-82(76)64(70)10)90(54-42-72-36-48-78-60(6)24-18-30-84(78)66(72)12)89(53-41-71-35-47-77-59(5)23-17-29-83(77)65(71)11)87(85)51-39-69-33-45-75-57(3)21-15-27-81(75)63(69)9/h13-36,43-48H,37-42,49-54H2,1-12H3. The highest BCUT2D eigenvalue weighted by molar-refractivity contribution is 5.93. The fourth-order valence-corrected chi connectivity index (χ4v) is 16.4. The Morgan fingerprint density at radius 2 is 0.289 bits per heavy atom. The van der Waals surface area contributed by atoms with Crippen molar-refractivity contribution in [1.29, 1.82) is 0 Å². The molecule has 0 aromatic heterocycles. The van der Waals surface area contributed by atoms with Crippen molar-refractivity contribution < 1.29 is 0 Å². The van der Waals surface area contributed by atoms with Gasteiger partial charge in [0.1, 0.15) is 0 Å². The zero-order valence-electron chi connectivity index (χ0n) is 55.8. The molecular weight excluding hydrogens is 1080 g/mol. The minimum Gasteiger partial charge on any atom is -0.0614 e. The number of rotatable bonds is 18. The van der Waals surface area contributed by atoms with Gasteiger partial charge in [-0.3, -0.25) is 0 Å². The third-order valence-corrected chi connectivity index (χ3v) is 22.0. The van der Waals surface area contributed by atoms with Crippen molar-refractivity contribution in [3.63, 3.8) is 0 Å². The first-order chi connectivity index (χ1) is 43.6. The van der Waals surface area contributed by atoms with Crippen LogP contribution in [0, 0.1) is 83.1 Å². The Kier molecular flexibility index (Phi) is 17.0. The van der Waals surface area contributed by atoms with Crippen LogP contribution < -0.4 is 0 Å². The van der Waals surface area contributed by atoms with Crippen molar-refractivity contribution in [2.45, 2.75) is 160 Å². The first-order valence-electron chi connectivity index (χ1n) is 33.7. The maximum absolute atomic E-state index is 2.48. The van der Waals surface area contributed by atoms with Crippen molar-refractivity contribution in [3.8, 4) is 0 Å². The Morgan fingerprint density at radius 3 is 0.433 bits per heavy atom. The molecule has 0 atom stereocenters. The minimum absolute atomic E-state index is 0.985. The molecule has 0 aliphatic heterocycles. The SMILES string of the molecule is Cc1cccc2c(C)c(CCc3c(CCc4ccc5c(C)cccc5c4C)c(CCc4ccc5c(C)cccc5c4C)c(CCc4ccc5c(C)cccc5c4C)c(CCc4ccc5c(C)cccc5c4C)c3CCc3ccc4c(C)cccc4c3C)ccc12. The zero-order valence-corrected chi connectivity index (χ0v) is 55.8. The van der Waals surface area contributed by atoms with Crippen molar-refractivity contribution in [2.75, 3.05) is 0 Å². The van der Waals surface area contributed by atoms with Crippen LogP contribution in [0.25, 0.3) is 64.6 Å². The molecule has 0 amide bonds. The van der Waals surface area contributed by atoms with Gasteiger partial charge in [0.2, 0.25) is 0 Å². The Balaban J connectivity index is 1.07. The summed E-state index contributed by atoms with van der Waals surface area (Å²) in [4.78, 5) is 0. The molecule has 0 N–H and O–H groups in total. The maximum atomic E-state index is 2.48. The summed E-state index contributed by atoms with van der Waals surface area (Å²) in [7, 11) is 0. The van der Waals surface area contributed by atoms with Crippen LogP contribution in [0.5, 0.6) is 0 Å². The zero-order chi connectivity index (χ0) is 62.5. The van der Waals surface area contributed by atoms with Gasteiger partial charge in [-0.25, -0.2) is 0 Å². The van der Waals surface area contributed by atoms with Gasteiger partial charge in [-0.15, -0.1) is 0 Å². The summed E-state index contributed by atoms with van der Waals surface area (Å²) in [5.41, 5.74) is 35.1. The van der Waals surface area contributed by atoms with Gasteiger partial charge in [-0.1, -0.05) is 182 Å². The first-order valence-corrected chi connectivity index (χ1v) is 33.7. The quantitative estimate of drug-likeness (QED) is 0.0803. The van der Waals surface area contributed by atoms with E-state index in [0.29, 0.717) is 0 Å². The fraction of sp³-hybridized carbons (Fsp3) is 0.267. The Labute approximate surface area is 537 Å². The molecule has 13 rings (SSSR count). The maximum Gasteiger partial charge on any atom is -0.0149 e. The van der Waals surface area contributed by atoms with Gasteiger partial charge in [0, 0.05) is 0 Å². The predicted molar refractivity (Wildman–Crippen MR) is 391 cm³/mol. The molecule has 450 valence electrons. The second-order valence-electron chi connectivity index (χ2n) is 27.0. The Hall–Kier alpha value is -8.58. The van der Waals surface area contributed by atoms with E-state index < -0.39 is 0 Å². The summed E-state index contributed by atoms with van der Waals surface area (Å²) >= 11 is 0. The first kappa shape index (κ1) is 60.3. The van der Waals surface area contributed by atoms with Gasteiger partial charge in [-0.05, 0) is 358 Å². The third-order valence-electron chi connectivity index (χ3n) is 22.0. The molecular formula is C90H90. The van der Waals surface area contributed by atoms with Crippen LogP contribution >= 0.6 is 0 Å². The molecule has 0 radical (unpaired) electrons. The molecule has 0 aliphatic rings. The number of hydrogen-bond donors (Lipinski definition) is 0. The molecule has 0 saturated carbocycles. The molecule has 0 unspecified atom stereocenters. The van der Waals surface area contributed by atoms with Crippen molar-refractivity contribution in [1.82, 2.24) is 0 Å². The normalized spacial score (nSPS) is 11.9. The van der Waals surface area contributed by atoms with E-state index in [0.717, 1.165) is 77.0 Å². The number of fused-ring (bicyclic) bond motifs is 6. The van der Waals surface area contributed by atoms with Crippen molar-refractivity contribution in [2.24, 2.45) is 0 Å². The summed E-state index contributed by atoms with van der Waals surface area (Å²) in [6, 6.07) is 70.6. The summed E-state index contributed by atoms with van der Waals surface area (Å²) in [6.45, 7) is 28.0. The molecule has 0 heteroatoms.